The molecule has 0 aliphatic carbocycles. The normalized spacial score (nSPS) is 12.3. The maximum Gasteiger partial charge on any atom is 0.416 e. The van der Waals surface area contributed by atoms with Crippen molar-refractivity contribution in [3.63, 3.8) is 0 Å². The Balaban J connectivity index is 1.87. The fourth-order valence-electron chi connectivity index (χ4n) is 2.16. The van der Waals surface area contributed by atoms with Crippen molar-refractivity contribution >= 4 is 21.4 Å². The molecule has 130 valence electrons. The Bertz CT molecular complexity index is 993. The van der Waals surface area contributed by atoms with Crippen molar-refractivity contribution in [3.05, 3.63) is 59.5 Å². The van der Waals surface area contributed by atoms with Crippen LogP contribution >= 0.6 is 11.3 Å². The van der Waals surface area contributed by atoms with Crippen molar-refractivity contribution in [2.75, 3.05) is 0 Å². The molecule has 4 nitrogen and oxygen atoms in total. The van der Waals surface area contributed by atoms with E-state index in [1.165, 1.54) is 35.6 Å². The molecule has 0 spiro atoms. The summed E-state index contributed by atoms with van der Waals surface area (Å²) < 4.78 is 60.3. The molecule has 0 saturated heterocycles. The van der Waals surface area contributed by atoms with Crippen LogP contribution < -0.4 is 5.14 Å². The van der Waals surface area contributed by atoms with Gasteiger partial charge in [-0.1, -0.05) is 24.3 Å². The first kappa shape index (κ1) is 17.6. The summed E-state index contributed by atoms with van der Waals surface area (Å²) in [5.41, 5.74) is 1.14. The fraction of sp³-hybridized carbons (Fsp3) is 0.0625. The van der Waals surface area contributed by atoms with Crippen LogP contribution in [0, 0.1) is 0 Å². The van der Waals surface area contributed by atoms with Gasteiger partial charge in [0.15, 0.2) is 0 Å². The number of nitrogens with two attached hydrogens (primary N) is 1. The van der Waals surface area contributed by atoms with Crippen molar-refractivity contribution in [1.29, 1.82) is 0 Å². The number of alkyl halides is 3. The van der Waals surface area contributed by atoms with Crippen LogP contribution in [0.4, 0.5) is 13.2 Å². The Labute approximate surface area is 145 Å². The van der Waals surface area contributed by atoms with Gasteiger partial charge in [0, 0.05) is 16.5 Å². The molecular formula is C16H11F3N2O2S2. The summed E-state index contributed by atoms with van der Waals surface area (Å²) in [6.07, 6.45) is -4.38. The summed E-state index contributed by atoms with van der Waals surface area (Å²) >= 11 is 1.29. The smallest absolute Gasteiger partial charge is 0.236 e. The van der Waals surface area contributed by atoms with Crippen LogP contribution in [-0.2, 0) is 16.2 Å². The van der Waals surface area contributed by atoms with Crippen molar-refractivity contribution in [2.45, 2.75) is 11.1 Å². The van der Waals surface area contributed by atoms with Crippen LogP contribution in [0.2, 0.25) is 0 Å². The summed E-state index contributed by atoms with van der Waals surface area (Å²) in [4.78, 5) is 4.39. The average molecular weight is 384 g/mol. The molecule has 0 radical (unpaired) electrons. The minimum atomic E-state index is -4.38. The number of nitrogens with zero attached hydrogens (tertiary/aromatic N) is 1. The number of aromatic nitrogens is 1. The third kappa shape index (κ3) is 3.89. The van der Waals surface area contributed by atoms with Crippen LogP contribution in [0.3, 0.4) is 0 Å². The summed E-state index contributed by atoms with van der Waals surface area (Å²) in [5.74, 6) is 0. The number of primary sulfonamides is 1. The van der Waals surface area contributed by atoms with Gasteiger partial charge < -0.3 is 0 Å². The average Bonchev–Trinajstić information content (AvgIpc) is 3.03. The number of hydrogen-bond acceptors (Lipinski definition) is 4. The van der Waals surface area contributed by atoms with Gasteiger partial charge in [-0.15, -0.1) is 11.3 Å². The maximum absolute atomic E-state index is 12.6. The van der Waals surface area contributed by atoms with E-state index in [1.807, 2.05) is 0 Å². The lowest BCUT2D eigenvalue weighted by atomic mass is 10.1. The molecule has 0 aliphatic heterocycles. The first-order valence-electron chi connectivity index (χ1n) is 6.91. The van der Waals surface area contributed by atoms with Gasteiger partial charge in [0.1, 0.15) is 5.01 Å². The summed E-state index contributed by atoms with van der Waals surface area (Å²) in [6.45, 7) is 0. The molecule has 0 unspecified atom stereocenters. The van der Waals surface area contributed by atoms with Crippen LogP contribution in [0.5, 0.6) is 0 Å². The van der Waals surface area contributed by atoms with Crippen molar-refractivity contribution in [3.8, 4) is 21.8 Å². The first-order valence-corrected chi connectivity index (χ1v) is 9.33. The van der Waals surface area contributed by atoms with Gasteiger partial charge in [-0.2, -0.15) is 13.2 Å². The van der Waals surface area contributed by atoms with Crippen LogP contribution in [-0.4, -0.2) is 13.4 Å². The SMILES string of the molecule is NS(=O)(=O)c1ccc(-c2csc(-c3ccc(C(F)(F)F)cc3)n2)cc1. The second-order valence-electron chi connectivity index (χ2n) is 5.18. The van der Waals surface area contributed by atoms with Gasteiger partial charge in [-0.25, -0.2) is 18.5 Å². The fourth-order valence-corrected chi connectivity index (χ4v) is 3.51. The molecule has 3 aromatic rings. The summed E-state index contributed by atoms with van der Waals surface area (Å²) in [5, 5.41) is 7.36. The number of halogens is 3. The van der Waals surface area contributed by atoms with E-state index < -0.39 is 21.8 Å². The molecule has 0 aliphatic rings. The highest BCUT2D eigenvalue weighted by Gasteiger charge is 2.30. The standard InChI is InChI=1S/C16H11F3N2O2S2/c17-16(18,19)12-5-1-11(2-6-12)15-21-14(9-24-15)10-3-7-13(8-4-10)25(20,22)23/h1-9H,(H2,20,22,23). The van der Waals surface area contributed by atoms with E-state index in [-0.39, 0.29) is 4.90 Å². The molecule has 9 heteroatoms. The van der Waals surface area contributed by atoms with Gasteiger partial charge in [-0.3, -0.25) is 0 Å². The summed E-state index contributed by atoms with van der Waals surface area (Å²) in [7, 11) is -3.77. The molecule has 2 aromatic carbocycles. The molecule has 3 rings (SSSR count). The molecule has 2 N–H and O–H groups in total. The molecule has 25 heavy (non-hydrogen) atoms. The number of rotatable bonds is 3. The van der Waals surface area contributed by atoms with E-state index in [2.05, 4.69) is 4.98 Å². The Kier molecular flexibility index (Phi) is 4.40. The molecule has 0 saturated carbocycles. The lowest BCUT2D eigenvalue weighted by Crippen LogP contribution is -2.11. The summed E-state index contributed by atoms with van der Waals surface area (Å²) in [6, 6.07) is 10.7. The second kappa shape index (κ2) is 6.25. The third-order valence-electron chi connectivity index (χ3n) is 3.44. The Morgan fingerprint density at radius 3 is 2.00 bits per heavy atom. The van der Waals surface area contributed by atoms with Crippen molar-refractivity contribution in [1.82, 2.24) is 4.98 Å². The van der Waals surface area contributed by atoms with Crippen molar-refractivity contribution < 1.29 is 21.6 Å². The van der Waals surface area contributed by atoms with Gasteiger partial charge in [0.05, 0.1) is 16.2 Å². The first-order chi connectivity index (χ1) is 11.6. The lowest BCUT2D eigenvalue weighted by molar-refractivity contribution is -0.137. The molecule has 1 heterocycles. The molecule has 0 fully saturated rings. The molecular weight excluding hydrogens is 373 g/mol. The topological polar surface area (TPSA) is 73.1 Å². The van der Waals surface area contributed by atoms with E-state index in [9.17, 15) is 21.6 Å². The van der Waals surface area contributed by atoms with E-state index in [0.29, 0.717) is 21.8 Å². The van der Waals surface area contributed by atoms with Crippen LogP contribution in [0.1, 0.15) is 5.56 Å². The zero-order valence-corrected chi connectivity index (χ0v) is 14.1. The second-order valence-corrected chi connectivity index (χ2v) is 7.60. The highest BCUT2D eigenvalue weighted by Crippen LogP contribution is 2.33. The largest absolute Gasteiger partial charge is 0.416 e. The molecule has 1 aromatic heterocycles. The third-order valence-corrected chi connectivity index (χ3v) is 5.26. The zero-order chi connectivity index (χ0) is 18.2. The van der Waals surface area contributed by atoms with Crippen molar-refractivity contribution in [2.24, 2.45) is 5.14 Å². The monoisotopic (exact) mass is 384 g/mol. The minimum Gasteiger partial charge on any atom is -0.236 e. The van der Waals surface area contributed by atoms with E-state index in [4.69, 9.17) is 5.14 Å². The maximum atomic E-state index is 12.6. The van der Waals surface area contributed by atoms with Crippen LogP contribution in [0.25, 0.3) is 21.8 Å². The number of sulfonamides is 1. The Hall–Kier alpha value is -2.23. The van der Waals surface area contributed by atoms with Gasteiger partial charge in [0.25, 0.3) is 0 Å². The van der Waals surface area contributed by atoms with E-state index >= 15 is 0 Å². The predicted molar refractivity (Wildman–Crippen MR) is 89.4 cm³/mol. The number of benzene rings is 2. The van der Waals surface area contributed by atoms with Gasteiger partial charge >= 0.3 is 6.18 Å². The van der Waals surface area contributed by atoms with E-state index in [0.717, 1.165) is 12.1 Å². The highest BCUT2D eigenvalue weighted by atomic mass is 32.2. The van der Waals surface area contributed by atoms with Crippen LogP contribution in [0.15, 0.2) is 58.8 Å². The number of thiazole rings is 1. The molecule has 0 bridgehead atoms. The molecule has 0 atom stereocenters. The quantitative estimate of drug-likeness (QED) is 0.737. The Morgan fingerprint density at radius 2 is 1.48 bits per heavy atom. The van der Waals surface area contributed by atoms with E-state index in [1.54, 1.807) is 17.5 Å². The Morgan fingerprint density at radius 1 is 0.920 bits per heavy atom. The minimum absolute atomic E-state index is 0.00515. The number of hydrogen-bond donors (Lipinski definition) is 1. The highest BCUT2D eigenvalue weighted by molar-refractivity contribution is 7.89. The molecule has 0 amide bonds. The predicted octanol–water partition coefficient (Wildman–Crippen LogP) is 4.14. The van der Waals surface area contributed by atoms with Gasteiger partial charge in [0.2, 0.25) is 10.0 Å². The lowest BCUT2D eigenvalue weighted by Gasteiger charge is -2.06. The zero-order valence-electron chi connectivity index (χ0n) is 12.5. The van der Waals surface area contributed by atoms with Gasteiger partial charge in [-0.05, 0) is 24.3 Å².